The first-order chi connectivity index (χ1) is 10.4. The van der Waals surface area contributed by atoms with Crippen LogP contribution in [0.3, 0.4) is 0 Å². The molecule has 2 aromatic rings. The van der Waals surface area contributed by atoms with Gasteiger partial charge in [0.15, 0.2) is 0 Å². The van der Waals surface area contributed by atoms with Gasteiger partial charge in [-0.1, -0.05) is 18.2 Å². The predicted octanol–water partition coefficient (Wildman–Crippen LogP) is 2.83. The fourth-order valence-corrected chi connectivity index (χ4v) is 2.54. The minimum atomic E-state index is -4.28. The van der Waals surface area contributed by atoms with Crippen molar-refractivity contribution in [1.82, 2.24) is 10.3 Å². The van der Waals surface area contributed by atoms with Crippen molar-refractivity contribution in [2.45, 2.75) is 18.0 Å². The highest BCUT2D eigenvalue weighted by Gasteiger charge is 2.27. The Bertz CT molecular complexity index is 647. The molecule has 0 bridgehead atoms. The molecular weight excluding hydrogens is 351 g/mol. The van der Waals surface area contributed by atoms with Gasteiger partial charge in [0.25, 0.3) is 0 Å². The van der Waals surface area contributed by atoms with Gasteiger partial charge in [0.2, 0.25) is 5.91 Å². The molecule has 0 unspecified atom stereocenters. The summed E-state index contributed by atoms with van der Waals surface area (Å²) in [6, 6.07) is 6.83. The number of rotatable bonds is 6. The molecule has 0 radical (unpaired) electrons. The van der Waals surface area contributed by atoms with Gasteiger partial charge in [-0.3, -0.25) is 4.79 Å². The smallest absolute Gasteiger partial charge is 0.361 e. The van der Waals surface area contributed by atoms with Crippen LogP contribution < -0.4 is 11.1 Å². The Hall–Kier alpha value is -1.38. The largest absolute Gasteiger partial charge is 0.441 e. The standard InChI is InChI=1S/C14H16F3N3OS.ClH/c15-14(16,17)22-6-5-19-13(21)11(18)7-9-8-20-12-4-2-1-3-10(9)12;/h1-4,8,11,20H,5-7,18H2,(H,19,21);1H/t11-;/m0./s1. The third kappa shape index (κ3) is 5.96. The van der Waals surface area contributed by atoms with Crippen molar-refractivity contribution in [3.63, 3.8) is 0 Å². The summed E-state index contributed by atoms with van der Waals surface area (Å²) < 4.78 is 35.9. The summed E-state index contributed by atoms with van der Waals surface area (Å²) in [6.07, 6.45) is 2.11. The van der Waals surface area contributed by atoms with E-state index >= 15 is 0 Å². The van der Waals surface area contributed by atoms with E-state index in [0.717, 1.165) is 16.5 Å². The topological polar surface area (TPSA) is 70.9 Å². The summed E-state index contributed by atoms with van der Waals surface area (Å²) in [4.78, 5) is 14.9. The highest BCUT2D eigenvalue weighted by molar-refractivity contribution is 8.00. The Morgan fingerprint density at radius 2 is 2.04 bits per heavy atom. The van der Waals surface area contributed by atoms with Crippen molar-refractivity contribution in [2.24, 2.45) is 5.73 Å². The van der Waals surface area contributed by atoms with Crippen molar-refractivity contribution in [1.29, 1.82) is 0 Å². The van der Waals surface area contributed by atoms with E-state index in [-0.39, 0.29) is 36.5 Å². The van der Waals surface area contributed by atoms with Gasteiger partial charge in [0.1, 0.15) is 0 Å². The number of amides is 1. The summed E-state index contributed by atoms with van der Waals surface area (Å²) in [7, 11) is 0. The molecule has 4 N–H and O–H groups in total. The lowest BCUT2D eigenvalue weighted by molar-refractivity contribution is -0.122. The molecule has 0 saturated heterocycles. The van der Waals surface area contributed by atoms with Crippen molar-refractivity contribution in [3.05, 3.63) is 36.0 Å². The zero-order valence-electron chi connectivity index (χ0n) is 12.0. The van der Waals surface area contributed by atoms with Crippen LogP contribution in [0.15, 0.2) is 30.5 Å². The molecule has 0 aliphatic rings. The van der Waals surface area contributed by atoms with E-state index in [2.05, 4.69) is 10.3 Å². The van der Waals surface area contributed by atoms with Crippen LogP contribution in [0.1, 0.15) is 5.56 Å². The molecule has 4 nitrogen and oxygen atoms in total. The maximum Gasteiger partial charge on any atom is 0.441 e. The maximum absolute atomic E-state index is 12.0. The molecule has 0 aliphatic heterocycles. The van der Waals surface area contributed by atoms with E-state index in [9.17, 15) is 18.0 Å². The zero-order chi connectivity index (χ0) is 16.2. The maximum atomic E-state index is 12.0. The number of alkyl halides is 3. The minimum Gasteiger partial charge on any atom is -0.361 e. The SMILES string of the molecule is Cl.N[C@@H](Cc1c[nH]c2ccccc12)C(=O)NCCSC(F)(F)F. The number of fused-ring (bicyclic) bond motifs is 1. The first kappa shape index (κ1) is 19.7. The number of benzene rings is 1. The minimum absolute atomic E-state index is 0. The Morgan fingerprint density at radius 3 is 2.74 bits per heavy atom. The monoisotopic (exact) mass is 367 g/mol. The number of nitrogens with two attached hydrogens (primary N) is 1. The van der Waals surface area contributed by atoms with Gasteiger partial charge >= 0.3 is 5.51 Å². The Morgan fingerprint density at radius 1 is 1.35 bits per heavy atom. The van der Waals surface area contributed by atoms with Crippen molar-refractivity contribution >= 4 is 41.0 Å². The number of hydrogen-bond acceptors (Lipinski definition) is 3. The number of halogens is 4. The van der Waals surface area contributed by atoms with E-state index < -0.39 is 17.5 Å². The summed E-state index contributed by atoms with van der Waals surface area (Å²) in [5.41, 5.74) is 3.39. The number of thioether (sulfide) groups is 1. The van der Waals surface area contributed by atoms with E-state index in [1.54, 1.807) is 6.20 Å². The molecule has 9 heteroatoms. The molecule has 0 saturated carbocycles. The lowest BCUT2D eigenvalue weighted by Gasteiger charge is -2.12. The summed E-state index contributed by atoms with van der Waals surface area (Å²) in [5, 5.41) is 3.41. The van der Waals surface area contributed by atoms with E-state index in [0.29, 0.717) is 6.42 Å². The number of H-pyrrole nitrogens is 1. The van der Waals surface area contributed by atoms with E-state index in [1.807, 2.05) is 24.3 Å². The summed E-state index contributed by atoms with van der Waals surface area (Å²) >= 11 is -0.166. The molecule has 0 spiro atoms. The molecule has 1 atom stereocenters. The molecule has 1 aromatic heterocycles. The van der Waals surface area contributed by atoms with Crippen LogP contribution in [-0.4, -0.2) is 34.7 Å². The number of para-hydroxylation sites is 1. The van der Waals surface area contributed by atoms with Crippen LogP contribution >= 0.6 is 24.2 Å². The van der Waals surface area contributed by atoms with Crippen LogP contribution in [0.5, 0.6) is 0 Å². The highest BCUT2D eigenvalue weighted by atomic mass is 35.5. The average molecular weight is 368 g/mol. The van der Waals surface area contributed by atoms with Gasteiger partial charge in [0, 0.05) is 29.4 Å². The molecule has 0 fully saturated rings. The lowest BCUT2D eigenvalue weighted by atomic mass is 10.1. The molecule has 128 valence electrons. The average Bonchev–Trinajstić information content (AvgIpc) is 2.86. The normalized spacial score (nSPS) is 12.7. The fraction of sp³-hybridized carbons (Fsp3) is 0.357. The van der Waals surface area contributed by atoms with Crippen LogP contribution in [0.25, 0.3) is 10.9 Å². The van der Waals surface area contributed by atoms with Gasteiger partial charge in [-0.05, 0) is 29.8 Å². The molecule has 23 heavy (non-hydrogen) atoms. The Balaban J connectivity index is 0.00000264. The number of nitrogens with one attached hydrogen (secondary N) is 2. The van der Waals surface area contributed by atoms with Gasteiger partial charge in [-0.15, -0.1) is 12.4 Å². The highest BCUT2D eigenvalue weighted by Crippen LogP contribution is 2.29. The number of carbonyl (C=O) groups is 1. The second-order valence-electron chi connectivity index (χ2n) is 4.76. The van der Waals surface area contributed by atoms with Crippen molar-refractivity contribution in [2.75, 3.05) is 12.3 Å². The van der Waals surface area contributed by atoms with Crippen LogP contribution in [0.2, 0.25) is 0 Å². The van der Waals surface area contributed by atoms with Gasteiger partial charge in [-0.25, -0.2) is 0 Å². The van der Waals surface area contributed by atoms with Crippen LogP contribution in [0, 0.1) is 0 Å². The van der Waals surface area contributed by atoms with E-state index in [4.69, 9.17) is 5.73 Å². The number of hydrogen-bond donors (Lipinski definition) is 3. The van der Waals surface area contributed by atoms with Crippen LogP contribution in [0.4, 0.5) is 13.2 Å². The van der Waals surface area contributed by atoms with Crippen molar-refractivity contribution < 1.29 is 18.0 Å². The second-order valence-corrected chi connectivity index (χ2v) is 5.92. The Labute approximate surface area is 141 Å². The number of carbonyl (C=O) groups excluding carboxylic acids is 1. The number of aromatic amines is 1. The first-order valence-corrected chi connectivity index (χ1v) is 7.64. The van der Waals surface area contributed by atoms with Crippen LogP contribution in [-0.2, 0) is 11.2 Å². The third-order valence-electron chi connectivity index (χ3n) is 3.12. The lowest BCUT2D eigenvalue weighted by Crippen LogP contribution is -2.42. The summed E-state index contributed by atoms with van der Waals surface area (Å²) in [5.74, 6) is -0.678. The first-order valence-electron chi connectivity index (χ1n) is 6.66. The summed E-state index contributed by atoms with van der Waals surface area (Å²) in [6.45, 7) is -0.0649. The molecule has 1 aromatic carbocycles. The Kier molecular flexibility index (Phi) is 7.24. The molecular formula is C14H17ClF3N3OS. The molecule has 0 aliphatic carbocycles. The van der Waals surface area contributed by atoms with Gasteiger partial charge < -0.3 is 16.0 Å². The molecule has 1 amide bonds. The third-order valence-corrected chi connectivity index (χ3v) is 3.85. The van der Waals surface area contributed by atoms with E-state index in [1.165, 1.54) is 0 Å². The zero-order valence-corrected chi connectivity index (χ0v) is 13.7. The van der Waals surface area contributed by atoms with Gasteiger partial charge in [-0.2, -0.15) is 13.2 Å². The number of aromatic nitrogens is 1. The fourth-order valence-electron chi connectivity index (χ4n) is 2.10. The van der Waals surface area contributed by atoms with Gasteiger partial charge in [0.05, 0.1) is 6.04 Å². The quantitative estimate of drug-likeness (QED) is 0.687. The molecule has 2 rings (SSSR count). The second kappa shape index (κ2) is 8.47. The molecule has 1 heterocycles. The van der Waals surface area contributed by atoms with Crippen molar-refractivity contribution in [3.8, 4) is 0 Å². The predicted molar refractivity (Wildman–Crippen MR) is 88.7 cm³/mol.